The molecule has 6 N–H and O–H groups in total. The van der Waals surface area contributed by atoms with Gasteiger partial charge in [0, 0.05) is 6.92 Å². The van der Waals surface area contributed by atoms with Crippen LogP contribution in [-0.4, -0.2) is 49.7 Å². The van der Waals surface area contributed by atoms with E-state index in [0.29, 0.717) is 0 Å². The van der Waals surface area contributed by atoms with Gasteiger partial charge in [0.05, 0.1) is 28.2 Å². The zero-order valence-corrected chi connectivity index (χ0v) is 8.96. The van der Waals surface area contributed by atoms with Crippen LogP contribution in [0, 0.1) is 5.41 Å². The molecule has 0 rings (SSSR count). The normalized spacial score (nSPS) is 8.38. The molecule has 80 valence electrons. The molecule has 0 unspecified atom stereocenters. The number of nitrogens with zero attached hydrogens (tertiary/aromatic N) is 1. The third kappa shape index (κ3) is 479. The van der Waals surface area contributed by atoms with Crippen molar-refractivity contribution in [1.82, 2.24) is 0 Å². The number of hydrogen-bond donors (Lipinski definition) is 4. The van der Waals surface area contributed by atoms with Crippen molar-refractivity contribution in [1.29, 1.82) is 5.41 Å². The largest absolute Gasteiger partial charge is 0.481 e. The van der Waals surface area contributed by atoms with E-state index in [2.05, 4.69) is 39.7 Å². The van der Waals surface area contributed by atoms with Gasteiger partial charge in [-0.3, -0.25) is 10.2 Å². The number of aliphatic carboxylic acids is 1. The quantitative estimate of drug-likeness (QED) is 0.230. The Bertz CT molecular complexity index is 125. The predicted octanol–water partition coefficient (Wildman–Crippen LogP) is -0.748. The van der Waals surface area contributed by atoms with E-state index in [1.54, 1.807) is 0 Å². The van der Waals surface area contributed by atoms with Gasteiger partial charge in [-0.05, 0) is 0 Å². The molecule has 0 aliphatic heterocycles. The second-order valence-corrected chi connectivity index (χ2v) is 3.66. The van der Waals surface area contributed by atoms with Crippen LogP contribution in [0.1, 0.15) is 6.92 Å². The molecule has 0 bridgehead atoms. The van der Waals surface area contributed by atoms with Crippen molar-refractivity contribution in [3.8, 4) is 0 Å². The van der Waals surface area contributed by atoms with Gasteiger partial charge in [0.1, 0.15) is 0 Å². The number of nitrogens with two attached hydrogens (primary N) is 2. The molecule has 6 heteroatoms. The van der Waals surface area contributed by atoms with Crippen molar-refractivity contribution in [3.63, 3.8) is 0 Å². The molecule has 0 saturated heterocycles. The zero-order valence-electron chi connectivity index (χ0n) is 8.96. The van der Waals surface area contributed by atoms with Crippen molar-refractivity contribution in [2.24, 2.45) is 11.5 Å². The average molecular weight is 193 g/mol. The zero-order chi connectivity index (χ0) is 11.7. The first-order valence-electron chi connectivity index (χ1n) is 3.54. The number of nitrogens with one attached hydrogen (secondary N) is 1. The molecule has 0 fully saturated rings. The van der Waals surface area contributed by atoms with Gasteiger partial charge in [-0.15, -0.1) is 0 Å². The van der Waals surface area contributed by atoms with E-state index in [4.69, 9.17) is 15.3 Å². The van der Waals surface area contributed by atoms with E-state index in [-0.39, 0.29) is 5.96 Å². The summed E-state index contributed by atoms with van der Waals surface area (Å²) in [7, 11) is 8.50. The molecule has 0 heterocycles. The monoisotopic (exact) mass is 193 g/mol. The SMILES string of the molecule is CC(=O)O.C[N+](C)(C)C.N=C(N)N. The van der Waals surface area contributed by atoms with Crippen molar-refractivity contribution >= 4 is 11.9 Å². The molecule has 6 nitrogen and oxygen atoms in total. The lowest BCUT2D eigenvalue weighted by Crippen LogP contribution is -2.27. The summed E-state index contributed by atoms with van der Waals surface area (Å²) in [6, 6.07) is 0. The van der Waals surface area contributed by atoms with Crippen molar-refractivity contribution in [2.45, 2.75) is 6.92 Å². The Hall–Kier alpha value is -1.30. The Morgan fingerprint density at radius 2 is 1.23 bits per heavy atom. The Labute approximate surface area is 79.2 Å². The lowest BCUT2D eigenvalue weighted by atomic mass is 10.8. The van der Waals surface area contributed by atoms with E-state index in [0.717, 1.165) is 11.4 Å². The summed E-state index contributed by atoms with van der Waals surface area (Å²) in [5.74, 6) is -1.17. The lowest BCUT2D eigenvalue weighted by molar-refractivity contribution is -0.849. The molecule has 13 heavy (non-hydrogen) atoms. The number of hydrogen-bond acceptors (Lipinski definition) is 2. The molecule has 0 saturated carbocycles. The number of rotatable bonds is 0. The van der Waals surface area contributed by atoms with Crippen molar-refractivity contribution < 1.29 is 14.4 Å². The Morgan fingerprint density at radius 1 is 1.23 bits per heavy atom. The van der Waals surface area contributed by atoms with Crippen LogP contribution in [0.3, 0.4) is 0 Å². The first-order valence-corrected chi connectivity index (χ1v) is 3.54. The van der Waals surface area contributed by atoms with Gasteiger partial charge in [-0.25, -0.2) is 0 Å². The number of guanidine groups is 1. The first kappa shape index (κ1) is 17.7. The molecule has 0 atom stereocenters. The molecule has 0 aliphatic carbocycles. The number of quaternary nitrogens is 1. The summed E-state index contributed by atoms with van der Waals surface area (Å²) >= 11 is 0. The maximum absolute atomic E-state index is 9.00. The Balaban J connectivity index is -0.000000117. The fourth-order valence-electron chi connectivity index (χ4n) is 0. The van der Waals surface area contributed by atoms with Crippen LogP contribution < -0.4 is 11.5 Å². The second-order valence-electron chi connectivity index (χ2n) is 3.66. The van der Waals surface area contributed by atoms with Crippen LogP contribution in [0.25, 0.3) is 0 Å². The molecule has 0 aliphatic rings. The van der Waals surface area contributed by atoms with Gasteiger partial charge in [0.25, 0.3) is 5.97 Å². The van der Waals surface area contributed by atoms with Crippen LogP contribution in [0.5, 0.6) is 0 Å². The van der Waals surface area contributed by atoms with E-state index in [1.165, 1.54) is 0 Å². The average Bonchev–Trinajstić information content (AvgIpc) is 1.50. The summed E-state index contributed by atoms with van der Waals surface area (Å²) in [5.41, 5.74) is 8.94. The van der Waals surface area contributed by atoms with Gasteiger partial charge in [0.15, 0.2) is 5.96 Å². The van der Waals surface area contributed by atoms with Crippen molar-refractivity contribution in [2.75, 3.05) is 28.2 Å². The minimum absolute atomic E-state index is 0.333. The van der Waals surface area contributed by atoms with Gasteiger partial charge >= 0.3 is 0 Å². The lowest BCUT2D eigenvalue weighted by Gasteiger charge is -2.14. The van der Waals surface area contributed by atoms with E-state index >= 15 is 0 Å². The molecular weight excluding hydrogens is 172 g/mol. The number of carbonyl (C=O) groups is 1. The first-order chi connectivity index (χ1) is 5.46. The summed E-state index contributed by atoms with van der Waals surface area (Å²) < 4.78 is 1.00. The molecule has 0 radical (unpaired) electrons. The maximum atomic E-state index is 9.00. The second kappa shape index (κ2) is 8.79. The number of carboxylic acids is 1. The highest BCUT2D eigenvalue weighted by atomic mass is 16.4. The summed E-state index contributed by atoms with van der Waals surface area (Å²) in [4.78, 5) is 9.00. The van der Waals surface area contributed by atoms with Crippen molar-refractivity contribution in [3.05, 3.63) is 0 Å². The third-order valence-electron chi connectivity index (χ3n) is 0. The van der Waals surface area contributed by atoms with Gasteiger partial charge < -0.3 is 21.1 Å². The highest BCUT2D eigenvalue weighted by molar-refractivity contribution is 5.71. The van der Waals surface area contributed by atoms with Crippen LogP contribution in [0.2, 0.25) is 0 Å². The topological polar surface area (TPSA) is 113 Å². The highest BCUT2D eigenvalue weighted by Crippen LogP contribution is 1.73. The summed E-state index contributed by atoms with van der Waals surface area (Å²) in [6.45, 7) is 1.08. The van der Waals surface area contributed by atoms with E-state index < -0.39 is 5.97 Å². The van der Waals surface area contributed by atoms with Crippen LogP contribution in [-0.2, 0) is 4.79 Å². The molecule has 0 aromatic heterocycles. The number of carboxylic acid groups (broad SMARTS) is 1. The maximum Gasteiger partial charge on any atom is 0.300 e. The highest BCUT2D eigenvalue weighted by Gasteiger charge is 1.88. The molecule has 0 spiro atoms. The Morgan fingerprint density at radius 3 is 1.23 bits per heavy atom. The van der Waals surface area contributed by atoms with Crippen LogP contribution in [0.15, 0.2) is 0 Å². The van der Waals surface area contributed by atoms with Gasteiger partial charge in [-0.2, -0.15) is 0 Å². The fraction of sp³-hybridized carbons (Fsp3) is 0.714. The summed E-state index contributed by atoms with van der Waals surface area (Å²) in [6.07, 6.45) is 0. The van der Waals surface area contributed by atoms with Gasteiger partial charge in [0.2, 0.25) is 0 Å². The van der Waals surface area contributed by atoms with Gasteiger partial charge in [-0.1, -0.05) is 0 Å². The molecule has 0 aromatic rings. The Kier molecular flexibility index (Phi) is 12.0. The summed E-state index contributed by atoms with van der Waals surface area (Å²) in [5, 5.41) is 13.5. The smallest absolute Gasteiger partial charge is 0.300 e. The predicted molar refractivity (Wildman–Crippen MR) is 53.4 cm³/mol. The third-order valence-corrected chi connectivity index (χ3v) is 0. The van der Waals surface area contributed by atoms with Crippen LogP contribution >= 0.6 is 0 Å². The minimum atomic E-state index is -0.833. The van der Waals surface area contributed by atoms with Crippen LogP contribution in [0.4, 0.5) is 0 Å². The minimum Gasteiger partial charge on any atom is -0.481 e. The van der Waals surface area contributed by atoms with E-state index in [9.17, 15) is 0 Å². The molecular formula is C7H21N4O2+. The standard InChI is InChI=1S/C4H12N.C2H4O2.CH5N3/c1-5(2,3)4;1-2(3)4;2-1(3)4/h1-4H3;1H3,(H,3,4);(H5,2,3,4)/q+1;;. The molecule has 0 amide bonds. The fourth-order valence-corrected chi connectivity index (χ4v) is 0. The molecule has 0 aromatic carbocycles. The van der Waals surface area contributed by atoms with E-state index in [1.807, 2.05) is 0 Å².